The van der Waals surface area contributed by atoms with Gasteiger partial charge >= 0.3 is 6.03 Å². The molecule has 0 bridgehead atoms. The molecule has 0 spiro atoms. The number of nitrogens with zero attached hydrogens (tertiary/aromatic N) is 5. The lowest BCUT2D eigenvalue weighted by molar-refractivity contribution is 0.141. The minimum absolute atomic E-state index is 0.0664. The summed E-state index contributed by atoms with van der Waals surface area (Å²) in [6.45, 7) is 0.722. The maximum absolute atomic E-state index is 13.6. The lowest BCUT2D eigenvalue weighted by Crippen LogP contribution is -2.40. The highest BCUT2D eigenvalue weighted by atomic mass is 35.5. The van der Waals surface area contributed by atoms with Gasteiger partial charge in [0.15, 0.2) is 5.69 Å². The van der Waals surface area contributed by atoms with Gasteiger partial charge < -0.3 is 9.64 Å². The standard InChI is InChI=1S/C20H16ClF2N5O2/c21-16-1-2-19(26-17(16)10-24)30-15-4-6-27(11-15)20(29)28-18(3-5-25-28)12-7-13(22)9-14(23)8-12/h1-2,5,7-9,15,18H,3-4,6,11H2/t15-,18+/m1/s1. The summed E-state index contributed by atoms with van der Waals surface area (Å²) in [5, 5.41) is 14.6. The molecule has 0 saturated carbocycles. The van der Waals surface area contributed by atoms with Crippen molar-refractivity contribution in [1.29, 1.82) is 5.26 Å². The molecule has 1 aromatic carbocycles. The number of hydrogen-bond donors (Lipinski definition) is 0. The van der Waals surface area contributed by atoms with Crippen molar-refractivity contribution in [3.8, 4) is 11.9 Å². The highest BCUT2D eigenvalue weighted by molar-refractivity contribution is 6.31. The summed E-state index contributed by atoms with van der Waals surface area (Å²) in [5.74, 6) is -1.15. The van der Waals surface area contributed by atoms with Crippen molar-refractivity contribution in [2.24, 2.45) is 5.10 Å². The number of hydrazone groups is 1. The second kappa shape index (κ2) is 8.24. The molecule has 1 fully saturated rings. The molecule has 0 unspecified atom stereocenters. The van der Waals surface area contributed by atoms with Crippen LogP contribution in [0.3, 0.4) is 0 Å². The second-order valence-electron chi connectivity index (χ2n) is 6.95. The number of carbonyl (C=O) groups is 1. The van der Waals surface area contributed by atoms with Crippen LogP contribution in [0.5, 0.6) is 5.88 Å². The molecule has 1 saturated heterocycles. The zero-order chi connectivity index (χ0) is 21.3. The van der Waals surface area contributed by atoms with Crippen LogP contribution in [0.2, 0.25) is 5.02 Å². The zero-order valence-electron chi connectivity index (χ0n) is 15.6. The third-order valence-corrected chi connectivity index (χ3v) is 5.23. The Labute approximate surface area is 176 Å². The van der Waals surface area contributed by atoms with Gasteiger partial charge in [0.05, 0.1) is 17.6 Å². The number of halogens is 3. The highest BCUT2D eigenvalue weighted by Gasteiger charge is 2.36. The molecule has 2 aliphatic rings. The van der Waals surface area contributed by atoms with Crippen molar-refractivity contribution in [1.82, 2.24) is 14.9 Å². The molecule has 154 valence electrons. The van der Waals surface area contributed by atoms with E-state index in [2.05, 4.69) is 10.1 Å². The van der Waals surface area contributed by atoms with Gasteiger partial charge in [-0.05, 0) is 23.8 Å². The highest BCUT2D eigenvalue weighted by Crippen LogP contribution is 2.31. The van der Waals surface area contributed by atoms with Crippen molar-refractivity contribution < 1.29 is 18.3 Å². The molecule has 2 aliphatic heterocycles. The number of amides is 2. The van der Waals surface area contributed by atoms with Gasteiger partial charge in [0.25, 0.3) is 0 Å². The van der Waals surface area contributed by atoms with Crippen LogP contribution in [-0.2, 0) is 0 Å². The van der Waals surface area contributed by atoms with Crippen LogP contribution in [0.4, 0.5) is 13.6 Å². The lowest BCUT2D eigenvalue weighted by atomic mass is 10.0. The molecular formula is C20H16ClF2N5O2. The van der Waals surface area contributed by atoms with E-state index in [9.17, 15) is 13.6 Å². The molecule has 0 aliphatic carbocycles. The predicted octanol–water partition coefficient (Wildman–Crippen LogP) is 3.89. The molecule has 0 radical (unpaired) electrons. The van der Waals surface area contributed by atoms with Crippen molar-refractivity contribution in [3.63, 3.8) is 0 Å². The molecule has 4 rings (SSSR count). The first-order valence-corrected chi connectivity index (χ1v) is 9.62. The Hall–Kier alpha value is -3.25. The first-order chi connectivity index (χ1) is 14.4. The van der Waals surface area contributed by atoms with Crippen molar-refractivity contribution in [2.75, 3.05) is 13.1 Å². The number of benzene rings is 1. The van der Waals surface area contributed by atoms with Crippen LogP contribution in [-0.4, -0.2) is 46.3 Å². The maximum Gasteiger partial charge on any atom is 0.341 e. The van der Waals surface area contributed by atoms with E-state index in [1.54, 1.807) is 17.2 Å². The number of hydrogen-bond acceptors (Lipinski definition) is 5. The van der Waals surface area contributed by atoms with Gasteiger partial charge in [-0.15, -0.1) is 0 Å². The summed E-state index contributed by atoms with van der Waals surface area (Å²) in [4.78, 5) is 18.6. The summed E-state index contributed by atoms with van der Waals surface area (Å²) in [5.41, 5.74) is 0.413. The van der Waals surface area contributed by atoms with E-state index in [0.717, 1.165) is 6.07 Å². The average molecular weight is 432 g/mol. The summed E-state index contributed by atoms with van der Waals surface area (Å²) in [6.07, 6.45) is 2.17. The van der Waals surface area contributed by atoms with Crippen LogP contribution in [0.15, 0.2) is 35.4 Å². The number of carbonyl (C=O) groups excluding carboxylic acids is 1. The van der Waals surface area contributed by atoms with E-state index >= 15 is 0 Å². The SMILES string of the molecule is N#Cc1nc(O[C@@H]2CCN(C(=O)N3N=CC[C@H]3c3cc(F)cc(F)c3)C2)ccc1Cl. The molecule has 2 aromatic rings. The van der Waals surface area contributed by atoms with E-state index in [-0.39, 0.29) is 28.7 Å². The molecule has 2 amide bonds. The number of nitriles is 1. The first kappa shape index (κ1) is 20.0. The third-order valence-electron chi connectivity index (χ3n) is 4.92. The van der Waals surface area contributed by atoms with Gasteiger partial charge in [0.2, 0.25) is 5.88 Å². The van der Waals surface area contributed by atoms with E-state index in [1.165, 1.54) is 23.2 Å². The number of urea groups is 1. The quantitative estimate of drug-likeness (QED) is 0.738. The summed E-state index contributed by atoms with van der Waals surface area (Å²) < 4.78 is 33.0. The Kier molecular flexibility index (Phi) is 5.50. The van der Waals surface area contributed by atoms with Gasteiger partial charge in [-0.3, -0.25) is 0 Å². The largest absolute Gasteiger partial charge is 0.472 e. The van der Waals surface area contributed by atoms with Gasteiger partial charge in [0.1, 0.15) is 23.8 Å². The van der Waals surface area contributed by atoms with Gasteiger partial charge in [-0.1, -0.05) is 11.6 Å². The van der Waals surface area contributed by atoms with Crippen LogP contribution in [0.25, 0.3) is 0 Å². The minimum Gasteiger partial charge on any atom is -0.472 e. The minimum atomic E-state index is -0.703. The summed E-state index contributed by atoms with van der Waals surface area (Å²) in [7, 11) is 0. The lowest BCUT2D eigenvalue weighted by Gasteiger charge is -2.27. The number of aromatic nitrogens is 1. The first-order valence-electron chi connectivity index (χ1n) is 9.24. The maximum atomic E-state index is 13.6. The van der Waals surface area contributed by atoms with Crippen LogP contribution >= 0.6 is 11.6 Å². The second-order valence-corrected chi connectivity index (χ2v) is 7.35. The number of ether oxygens (including phenoxy) is 1. The summed E-state index contributed by atoms with van der Waals surface area (Å²) >= 11 is 5.87. The Morgan fingerprint density at radius 1 is 1.27 bits per heavy atom. The topological polar surface area (TPSA) is 81.8 Å². The molecule has 2 atom stereocenters. The van der Waals surface area contributed by atoms with E-state index in [0.29, 0.717) is 31.5 Å². The predicted molar refractivity (Wildman–Crippen MR) is 104 cm³/mol. The van der Waals surface area contributed by atoms with E-state index in [4.69, 9.17) is 21.6 Å². The molecule has 30 heavy (non-hydrogen) atoms. The van der Waals surface area contributed by atoms with Crippen molar-refractivity contribution in [2.45, 2.75) is 25.0 Å². The van der Waals surface area contributed by atoms with Gasteiger partial charge in [-0.25, -0.2) is 23.6 Å². The molecule has 1 aromatic heterocycles. The number of pyridine rings is 1. The van der Waals surface area contributed by atoms with Crippen LogP contribution in [0.1, 0.15) is 30.1 Å². The smallest absolute Gasteiger partial charge is 0.341 e. The van der Waals surface area contributed by atoms with Crippen molar-refractivity contribution in [3.05, 3.63) is 58.2 Å². The molecule has 0 N–H and O–H groups in total. The van der Waals surface area contributed by atoms with Gasteiger partial charge in [0, 0.05) is 37.7 Å². The Morgan fingerprint density at radius 3 is 2.77 bits per heavy atom. The van der Waals surface area contributed by atoms with E-state index < -0.39 is 17.7 Å². The third kappa shape index (κ3) is 4.04. The number of likely N-dealkylation sites (tertiary alicyclic amines) is 1. The zero-order valence-corrected chi connectivity index (χ0v) is 16.4. The van der Waals surface area contributed by atoms with Crippen LogP contribution < -0.4 is 4.74 Å². The summed E-state index contributed by atoms with van der Waals surface area (Å²) in [6, 6.07) is 7.24. The fourth-order valence-corrected chi connectivity index (χ4v) is 3.67. The monoisotopic (exact) mass is 431 g/mol. The Balaban J connectivity index is 1.43. The number of rotatable bonds is 3. The van der Waals surface area contributed by atoms with Gasteiger partial charge in [-0.2, -0.15) is 10.4 Å². The molecule has 7 nitrogen and oxygen atoms in total. The molecular weight excluding hydrogens is 416 g/mol. The fourth-order valence-electron chi connectivity index (χ4n) is 3.52. The average Bonchev–Trinajstić information content (AvgIpc) is 3.38. The molecule has 10 heteroatoms. The van der Waals surface area contributed by atoms with E-state index in [1.807, 2.05) is 6.07 Å². The Bertz CT molecular complexity index is 1040. The van der Waals surface area contributed by atoms with Crippen LogP contribution in [0, 0.1) is 23.0 Å². The molecule has 3 heterocycles. The fraction of sp³-hybridized carbons (Fsp3) is 0.300. The Morgan fingerprint density at radius 2 is 2.03 bits per heavy atom. The normalized spacial score (nSPS) is 20.5. The van der Waals surface area contributed by atoms with Crippen molar-refractivity contribution >= 4 is 23.8 Å².